The van der Waals surface area contributed by atoms with Crippen LogP contribution in [0.4, 0.5) is 0 Å². The maximum absolute atomic E-state index is 11.8. The fourth-order valence-corrected chi connectivity index (χ4v) is 2.89. The maximum Gasteiger partial charge on any atom is 0.277 e. The fourth-order valence-electron chi connectivity index (χ4n) is 2.29. The zero-order chi connectivity index (χ0) is 16.1. The monoisotopic (exact) mass is 333 g/mol. The van der Waals surface area contributed by atoms with E-state index in [0.29, 0.717) is 17.7 Å². The number of rotatable bonds is 6. The molecule has 122 valence electrons. The molecule has 6 nitrogen and oxygen atoms in total. The SMILES string of the molecule is Cc1ccc(-c2nnc(SCC(=O)NCC3CCCO3)o2)cc1. The van der Waals surface area contributed by atoms with Crippen LogP contribution < -0.4 is 5.32 Å². The van der Waals surface area contributed by atoms with Crippen molar-refractivity contribution in [3.63, 3.8) is 0 Å². The largest absolute Gasteiger partial charge is 0.411 e. The van der Waals surface area contributed by atoms with Crippen molar-refractivity contribution >= 4 is 17.7 Å². The predicted octanol–water partition coefficient (Wildman–Crippen LogP) is 2.43. The third kappa shape index (κ3) is 4.56. The van der Waals surface area contributed by atoms with Gasteiger partial charge in [0.25, 0.3) is 5.22 Å². The number of hydrogen-bond donors (Lipinski definition) is 1. The molecule has 1 fully saturated rings. The standard InChI is InChI=1S/C16H19N3O3S/c1-11-4-6-12(7-5-11)15-18-19-16(22-15)23-10-14(20)17-9-13-3-2-8-21-13/h4-7,13H,2-3,8-10H2,1H3,(H,17,20). The molecule has 7 heteroatoms. The van der Waals surface area contributed by atoms with Crippen LogP contribution in [0.5, 0.6) is 0 Å². The highest BCUT2D eigenvalue weighted by Gasteiger charge is 2.16. The van der Waals surface area contributed by atoms with Crippen LogP contribution in [0.15, 0.2) is 33.9 Å². The Hall–Kier alpha value is -1.86. The van der Waals surface area contributed by atoms with E-state index in [1.165, 1.54) is 17.3 Å². The highest BCUT2D eigenvalue weighted by molar-refractivity contribution is 7.99. The summed E-state index contributed by atoms with van der Waals surface area (Å²) in [5, 5.41) is 11.2. The van der Waals surface area contributed by atoms with E-state index in [-0.39, 0.29) is 17.8 Å². The molecule has 1 N–H and O–H groups in total. The predicted molar refractivity (Wildman–Crippen MR) is 87.2 cm³/mol. The average molecular weight is 333 g/mol. The number of carbonyl (C=O) groups excluding carboxylic acids is 1. The Morgan fingerprint density at radius 3 is 2.91 bits per heavy atom. The van der Waals surface area contributed by atoms with Crippen LogP contribution in [-0.4, -0.2) is 41.1 Å². The second-order valence-corrected chi connectivity index (χ2v) is 6.39. The van der Waals surface area contributed by atoms with Crippen LogP contribution in [0.25, 0.3) is 11.5 Å². The van der Waals surface area contributed by atoms with E-state index in [1.807, 2.05) is 31.2 Å². The molecule has 1 aromatic heterocycles. The number of thioether (sulfide) groups is 1. The van der Waals surface area contributed by atoms with Gasteiger partial charge in [-0.1, -0.05) is 29.5 Å². The number of ether oxygens (including phenoxy) is 1. The van der Waals surface area contributed by atoms with Gasteiger partial charge in [0, 0.05) is 18.7 Å². The summed E-state index contributed by atoms with van der Waals surface area (Å²) in [5.74, 6) is 0.662. The Balaban J connectivity index is 1.47. The molecule has 1 amide bonds. The van der Waals surface area contributed by atoms with E-state index in [2.05, 4.69) is 15.5 Å². The summed E-state index contributed by atoms with van der Waals surface area (Å²) in [5.41, 5.74) is 2.04. The van der Waals surface area contributed by atoms with Crippen molar-refractivity contribution in [2.75, 3.05) is 18.9 Å². The fraction of sp³-hybridized carbons (Fsp3) is 0.438. The molecule has 2 aromatic rings. The minimum atomic E-state index is -0.0550. The second kappa shape index (κ2) is 7.61. The lowest BCUT2D eigenvalue weighted by Crippen LogP contribution is -2.32. The number of aryl methyl sites for hydroxylation is 1. The summed E-state index contributed by atoms with van der Waals surface area (Å²) < 4.78 is 11.0. The first-order chi connectivity index (χ1) is 11.2. The van der Waals surface area contributed by atoms with Crippen molar-refractivity contribution in [1.82, 2.24) is 15.5 Å². The quantitative estimate of drug-likeness (QED) is 0.818. The molecule has 1 aliphatic rings. The Morgan fingerprint density at radius 2 is 2.17 bits per heavy atom. The van der Waals surface area contributed by atoms with Gasteiger partial charge in [-0.25, -0.2) is 0 Å². The molecule has 0 aliphatic carbocycles. The summed E-state index contributed by atoms with van der Waals surface area (Å²) in [6.07, 6.45) is 2.23. The third-order valence-corrected chi connectivity index (χ3v) is 4.40. The summed E-state index contributed by atoms with van der Waals surface area (Å²) in [6, 6.07) is 7.85. The Labute approximate surface area is 139 Å². The molecule has 1 saturated heterocycles. The van der Waals surface area contributed by atoms with Crippen LogP contribution in [0.2, 0.25) is 0 Å². The summed E-state index contributed by atoms with van der Waals surface area (Å²) >= 11 is 1.24. The molecule has 23 heavy (non-hydrogen) atoms. The smallest absolute Gasteiger partial charge is 0.277 e. The first-order valence-corrected chi connectivity index (χ1v) is 8.61. The maximum atomic E-state index is 11.8. The minimum Gasteiger partial charge on any atom is -0.411 e. The van der Waals surface area contributed by atoms with Crippen molar-refractivity contribution in [1.29, 1.82) is 0 Å². The van der Waals surface area contributed by atoms with Gasteiger partial charge >= 0.3 is 0 Å². The van der Waals surface area contributed by atoms with Gasteiger partial charge in [-0.05, 0) is 31.9 Å². The number of benzene rings is 1. The highest BCUT2D eigenvalue weighted by Crippen LogP contribution is 2.23. The number of nitrogens with one attached hydrogen (secondary N) is 1. The molecule has 1 atom stereocenters. The highest BCUT2D eigenvalue weighted by atomic mass is 32.2. The zero-order valence-corrected chi connectivity index (χ0v) is 13.8. The minimum absolute atomic E-state index is 0.0550. The summed E-state index contributed by atoms with van der Waals surface area (Å²) in [4.78, 5) is 11.8. The zero-order valence-electron chi connectivity index (χ0n) is 12.9. The molecule has 0 spiro atoms. The molecule has 0 saturated carbocycles. The molecule has 3 rings (SSSR count). The van der Waals surface area contributed by atoms with Gasteiger partial charge in [0.15, 0.2) is 0 Å². The van der Waals surface area contributed by atoms with Gasteiger partial charge in [-0.3, -0.25) is 4.79 Å². The van der Waals surface area contributed by atoms with Crippen LogP contribution in [0, 0.1) is 6.92 Å². The van der Waals surface area contributed by atoms with Crippen molar-refractivity contribution < 1.29 is 13.9 Å². The molecule has 2 heterocycles. The third-order valence-electron chi connectivity index (χ3n) is 3.58. The summed E-state index contributed by atoms with van der Waals surface area (Å²) in [7, 11) is 0. The lowest BCUT2D eigenvalue weighted by Gasteiger charge is -2.09. The van der Waals surface area contributed by atoms with Gasteiger partial charge in [0.2, 0.25) is 11.8 Å². The van der Waals surface area contributed by atoms with E-state index in [0.717, 1.165) is 25.0 Å². The lowest BCUT2D eigenvalue weighted by atomic mass is 10.1. The molecular weight excluding hydrogens is 314 g/mol. The Morgan fingerprint density at radius 1 is 1.35 bits per heavy atom. The number of nitrogens with zero attached hydrogens (tertiary/aromatic N) is 2. The van der Waals surface area contributed by atoms with Crippen molar-refractivity contribution in [3.8, 4) is 11.5 Å². The molecule has 1 aliphatic heterocycles. The number of hydrogen-bond acceptors (Lipinski definition) is 6. The van der Waals surface area contributed by atoms with Gasteiger partial charge in [0.05, 0.1) is 11.9 Å². The van der Waals surface area contributed by atoms with Crippen molar-refractivity contribution in [2.24, 2.45) is 0 Å². The van der Waals surface area contributed by atoms with E-state index < -0.39 is 0 Å². The normalized spacial score (nSPS) is 17.3. The topological polar surface area (TPSA) is 77.2 Å². The van der Waals surface area contributed by atoms with E-state index in [9.17, 15) is 4.79 Å². The van der Waals surface area contributed by atoms with Crippen LogP contribution in [-0.2, 0) is 9.53 Å². The van der Waals surface area contributed by atoms with Crippen molar-refractivity contribution in [3.05, 3.63) is 29.8 Å². The van der Waals surface area contributed by atoms with Crippen LogP contribution in [0.1, 0.15) is 18.4 Å². The Kier molecular flexibility index (Phi) is 5.30. The molecule has 0 bridgehead atoms. The van der Waals surface area contributed by atoms with Gasteiger partial charge in [-0.2, -0.15) is 0 Å². The average Bonchev–Trinajstić information content (AvgIpc) is 3.23. The number of carbonyl (C=O) groups is 1. The van der Waals surface area contributed by atoms with Gasteiger partial charge < -0.3 is 14.5 Å². The molecule has 1 unspecified atom stereocenters. The van der Waals surface area contributed by atoms with Crippen molar-refractivity contribution in [2.45, 2.75) is 31.1 Å². The molecular formula is C16H19N3O3S. The molecule has 1 aromatic carbocycles. The van der Waals surface area contributed by atoms with Gasteiger partial charge in [0.1, 0.15) is 0 Å². The van der Waals surface area contributed by atoms with Gasteiger partial charge in [-0.15, -0.1) is 10.2 Å². The second-order valence-electron chi connectivity index (χ2n) is 5.47. The Bertz CT molecular complexity index is 651. The first-order valence-electron chi connectivity index (χ1n) is 7.62. The summed E-state index contributed by atoms with van der Waals surface area (Å²) in [6.45, 7) is 3.38. The van der Waals surface area contributed by atoms with Crippen LogP contribution >= 0.6 is 11.8 Å². The lowest BCUT2D eigenvalue weighted by molar-refractivity contribution is -0.119. The van der Waals surface area contributed by atoms with E-state index in [4.69, 9.17) is 9.15 Å². The number of amides is 1. The van der Waals surface area contributed by atoms with Crippen LogP contribution in [0.3, 0.4) is 0 Å². The van der Waals surface area contributed by atoms with E-state index >= 15 is 0 Å². The van der Waals surface area contributed by atoms with E-state index in [1.54, 1.807) is 0 Å². The first kappa shape index (κ1) is 16.0. The molecule has 0 radical (unpaired) electrons. The number of aromatic nitrogens is 2.